The van der Waals surface area contributed by atoms with Crippen molar-refractivity contribution in [2.75, 3.05) is 5.32 Å². The number of aryl methyl sites for hydroxylation is 2. The van der Waals surface area contributed by atoms with Crippen LogP contribution >= 0.6 is 0 Å². The molecule has 122 valence electrons. The van der Waals surface area contributed by atoms with Crippen molar-refractivity contribution in [3.8, 4) is 0 Å². The van der Waals surface area contributed by atoms with Gasteiger partial charge in [0.05, 0.1) is 11.7 Å². The van der Waals surface area contributed by atoms with Gasteiger partial charge in [-0.3, -0.25) is 4.68 Å². The molecule has 2 aromatic rings. The predicted octanol–water partition coefficient (Wildman–Crippen LogP) is 3.57. The van der Waals surface area contributed by atoms with E-state index in [-0.39, 0.29) is 12.1 Å². The molecule has 0 aliphatic heterocycles. The summed E-state index contributed by atoms with van der Waals surface area (Å²) in [6.07, 6.45) is 7.16. The van der Waals surface area contributed by atoms with Crippen molar-refractivity contribution in [1.29, 1.82) is 0 Å². The van der Waals surface area contributed by atoms with E-state index in [1.165, 1.54) is 24.0 Å². The number of anilines is 1. The SMILES string of the molecule is CCC(NC(=O)Nc1cccc2c1CCCC2)c1ccnn1C. The second-order valence-electron chi connectivity index (χ2n) is 6.09. The highest BCUT2D eigenvalue weighted by molar-refractivity contribution is 5.90. The van der Waals surface area contributed by atoms with Crippen LogP contribution in [0, 0.1) is 0 Å². The first-order valence-electron chi connectivity index (χ1n) is 8.35. The lowest BCUT2D eigenvalue weighted by Gasteiger charge is -2.21. The summed E-state index contributed by atoms with van der Waals surface area (Å²) in [7, 11) is 1.89. The molecule has 0 radical (unpaired) electrons. The molecule has 1 atom stereocenters. The van der Waals surface area contributed by atoms with Gasteiger partial charge in [0.2, 0.25) is 0 Å². The number of nitrogens with one attached hydrogen (secondary N) is 2. The molecule has 0 fully saturated rings. The fraction of sp³-hybridized carbons (Fsp3) is 0.444. The monoisotopic (exact) mass is 312 g/mol. The molecule has 0 saturated carbocycles. The minimum absolute atomic E-state index is 0.0398. The van der Waals surface area contributed by atoms with Crippen molar-refractivity contribution >= 4 is 11.7 Å². The molecule has 5 nitrogen and oxygen atoms in total. The molecule has 0 spiro atoms. The molecular formula is C18H24N4O. The van der Waals surface area contributed by atoms with Crippen LogP contribution < -0.4 is 10.6 Å². The number of hydrogen-bond donors (Lipinski definition) is 2. The molecule has 1 aromatic carbocycles. The lowest BCUT2D eigenvalue weighted by atomic mass is 9.90. The number of carbonyl (C=O) groups is 1. The van der Waals surface area contributed by atoms with Crippen LogP contribution in [0.4, 0.5) is 10.5 Å². The minimum atomic E-state index is -0.156. The van der Waals surface area contributed by atoms with Crippen LogP contribution in [0.2, 0.25) is 0 Å². The average Bonchev–Trinajstić information content (AvgIpc) is 2.99. The Hall–Kier alpha value is -2.30. The van der Waals surface area contributed by atoms with E-state index >= 15 is 0 Å². The van der Waals surface area contributed by atoms with Crippen LogP contribution in [0.1, 0.15) is 49.0 Å². The van der Waals surface area contributed by atoms with Crippen LogP contribution in [0.5, 0.6) is 0 Å². The number of amides is 2. The van der Waals surface area contributed by atoms with Gasteiger partial charge in [-0.2, -0.15) is 5.10 Å². The number of hydrogen-bond acceptors (Lipinski definition) is 2. The Morgan fingerprint density at radius 3 is 2.87 bits per heavy atom. The predicted molar refractivity (Wildman–Crippen MR) is 91.5 cm³/mol. The van der Waals surface area contributed by atoms with Gasteiger partial charge in [0, 0.05) is 18.9 Å². The van der Waals surface area contributed by atoms with Gasteiger partial charge in [0.1, 0.15) is 0 Å². The first-order valence-corrected chi connectivity index (χ1v) is 8.35. The first kappa shape index (κ1) is 15.6. The smallest absolute Gasteiger partial charge is 0.319 e. The van der Waals surface area contributed by atoms with Crippen molar-refractivity contribution in [2.24, 2.45) is 7.05 Å². The van der Waals surface area contributed by atoms with Gasteiger partial charge in [0.25, 0.3) is 0 Å². The molecule has 1 aromatic heterocycles. The number of aromatic nitrogens is 2. The maximum Gasteiger partial charge on any atom is 0.319 e. The molecule has 23 heavy (non-hydrogen) atoms. The maximum absolute atomic E-state index is 12.4. The van der Waals surface area contributed by atoms with Crippen LogP contribution in [-0.2, 0) is 19.9 Å². The minimum Gasteiger partial charge on any atom is -0.330 e. The normalized spacial score (nSPS) is 14.9. The molecule has 1 aliphatic carbocycles. The zero-order chi connectivity index (χ0) is 16.2. The van der Waals surface area contributed by atoms with Crippen LogP contribution in [-0.4, -0.2) is 15.8 Å². The lowest BCUT2D eigenvalue weighted by Crippen LogP contribution is -2.33. The zero-order valence-electron chi connectivity index (χ0n) is 13.8. The maximum atomic E-state index is 12.4. The van der Waals surface area contributed by atoms with Gasteiger partial charge in [0.15, 0.2) is 0 Å². The second kappa shape index (κ2) is 6.86. The summed E-state index contributed by atoms with van der Waals surface area (Å²) < 4.78 is 1.80. The third kappa shape index (κ3) is 3.38. The molecule has 2 N–H and O–H groups in total. The van der Waals surface area contributed by atoms with Crippen molar-refractivity contribution in [2.45, 2.75) is 45.1 Å². The molecule has 0 saturated heterocycles. The third-order valence-electron chi connectivity index (χ3n) is 4.57. The zero-order valence-corrected chi connectivity index (χ0v) is 13.8. The van der Waals surface area contributed by atoms with Gasteiger partial charge in [-0.25, -0.2) is 4.79 Å². The van der Waals surface area contributed by atoms with Crippen molar-refractivity contribution < 1.29 is 4.79 Å². The fourth-order valence-corrected chi connectivity index (χ4v) is 3.33. The van der Waals surface area contributed by atoms with E-state index < -0.39 is 0 Å². The molecule has 0 bridgehead atoms. The Balaban J connectivity index is 1.71. The summed E-state index contributed by atoms with van der Waals surface area (Å²) in [5.41, 5.74) is 4.62. The van der Waals surface area contributed by atoms with Crippen molar-refractivity contribution in [3.63, 3.8) is 0 Å². The van der Waals surface area contributed by atoms with E-state index in [1.807, 2.05) is 25.2 Å². The van der Waals surface area contributed by atoms with E-state index in [2.05, 4.69) is 28.7 Å². The summed E-state index contributed by atoms with van der Waals surface area (Å²) in [5, 5.41) is 10.3. The Bertz CT molecular complexity index is 692. The van der Waals surface area contributed by atoms with Crippen molar-refractivity contribution in [1.82, 2.24) is 15.1 Å². The van der Waals surface area contributed by atoms with Crippen LogP contribution in [0.25, 0.3) is 0 Å². The van der Waals surface area contributed by atoms with Gasteiger partial charge >= 0.3 is 6.03 Å². The molecule has 2 amide bonds. The third-order valence-corrected chi connectivity index (χ3v) is 4.57. The van der Waals surface area contributed by atoms with Crippen LogP contribution in [0.3, 0.4) is 0 Å². The topological polar surface area (TPSA) is 59.0 Å². The molecule has 3 rings (SSSR count). The summed E-state index contributed by atoms with van der Waals surface area (Å²) in [6.45, 7) is 2.06. The van der Waals surface area contributed by atoms with Gasteiger partial charge < -0.3 is 10.6 Å². The molecule has 5 heteroatoms. The van der Waals surface area contributed by atoms with Gasteiger partial charge in [-0.1, -0.05) is 19.1 Å². The van der Waals surface area contributed by atoms with E-state index in [0.29, 0.717) is 0 Å². The summed E-state index contributed by atoms with van der Waals surface area (Å²) in [6, 6.07) is 7.94. The molecule has 1 heterocycles. The van der Waals surface area contributed by atoms with E-state index in [0.717, 1.165) is 30.6 Å². The van der Waals surface area contributed by atoms with E-state index in [9.17, 15) is 4.79 Å². The highest BCUT2D eigenvalue weighted by Crippen LogP contribution is 2.28. The number of fused-ring (bicyclic) bond motifs is 1. The summed E-state index contributed by atoms with van der Waals surface area (Å²) >= 11 is 0. The fourth-order valence-electron chi connectivity index (χ4n) is 3.33. The number of nitrogens with zero attached hydrogens (tertiary/aromatic N) is 2. The van der Waals surface area contributed by atoms with Crippen LogP contribution in [0.15, 0.2) is 30.5 Å². The highest BCUT2D eigenvalue weighted by Gasteiger charge is 2.18. The average molecular weight is 312 g/mol. The Morgan fingerprint density at radius 2 is 2.13 bits per heavy atom. The molecule has 1 aliphatic rings. The lowest BCUT2D eigenvalue weighted by molar-refractivity contribution is 0.247. The van der Waals surface area contributed by atoms with E-state index in [1.54, 1.807) is 10.9 Å². The number of benzene rings is 1. The first-order chi connectivity index (χ1) is 11.2. The molecule has 1 unspecified atom stereocenters. The number of rotatable bonds is 4. The molecular weight excluding hydrogens is 288 g/mol. The summed E-state index contributed by atoms with van der Waals surface area (Å²) in [5.74, 6) is 0. The van der Waals surface area contributed by atoms with Crippen molar-refractivity contribution in [3.05, 3.63) is 47.3 Å². The highest BCUT2D eigenvalue weighted by atomic mass is 16.2. The Labute approximate surface area is 137 Å². The standard InChI is InChI=1S/C18H24N4O/c1-3-15(17-11-12-19-22(17)2)20-18(23)21-16-10-6-8-13-7-4-5-9-14(13)16/h6,8,10-12,15H,3-5,7,9H2,1-2H3,(H2,20,21,23). The second-order valence-corrected chi connectivity index (χ2v) is 6.09. The van der Waals surface area contributed by atoms with Gasteiger partial charge in [-0.05, 0) is 55.4 Å². The largest absolute Gasteiger partial charge is 0.330 e. The summed E-state index contributed by atoms with van der Waals surface area (Å²) in [4.78, 5) is 12.4. The quantitative estimate of drug-likeness (QED) is 0.906. The Morgan fingerprint density at radius 1 is 1.30 bits per heavy atom. The van der Waals surface area contributed by atoms with E-state index in [4.69, 9.17) is 0 Å². The number of urea groups is 1. The number of carbonyl (C=O) groups excluding carboxylic acids is 1. The van der Waals surface area contributed by atoms with Gasteiger partial charge in [-0.15, -0.1) is 0 Å². The Kier molecular flexibility index (Phi) is 4.65.